The van der Waals surface area contributed by atoms with Crippen LogP contribution in [0.15, 0.2) is 0 Å². The van der Waals surface area contributed by atoms with Crippen LogP contribution in [0.4, 0.5) is 0 Å². The van der Waals surface area contributed by atoms with Crippen molar-refractivity contribution in [3.05, 3.63) is 0 Å². The van der Waals surface area contributed by atoms with E-state index in [9.17, 15) is 0 Å². The van der Waals surface area contributed by atoms with E-state index < -0.39 is 0 Å². The second kappa shape index (κ2) is 15.9. The SMILES string of the molecule is CCCCCCCC(CCCCCCC)N1CCC(CC)NC(CC)C1. The van der Waals surface area contributed by atoms with Gasteiger partial charge < -0.3 is 5.32 Å². The van der Waals surface area contributed by atoms with Crippen LogP contribution < -0.4 is 5.32 Å². The van der Waals surface area contributed by atoms with E-state index in [2.05, 4.69) is 37.9 Å². The highest BCUT2D eigenvalue weighted by atomic mass is 15.2. The summed E-state index contributed by atoms with van der Waals surface area (Å²) in [4.78, 5) is 2.89. The average Bonchev–Trinajstić information content (AvgIpc) is 2.88. The Kier molecular flexibility index (Phi) is 14.7. The van der Waals surface area contributed by atoms with E-state index in [4.69, 9.17) is 0 Å². The van der Waals surface area contributed by atoms with E-state index >= 15 is 0 Å². The van der Waals surface area contributed by atoms with Crippen LogP contribution in [0.5, 0.6) is 0 Å². The molecule has 2 unspecified atom stereocenters. The Morgan fingerprint density at radius 1 is 0.731 bits per heavy atom. The third-order valence-electron chi connectivity index (χ3n) is 6.47. The summed E-state index contributed by atoms with van der Waals surface area (Å²) in [5.41, 5.74) is 0. The van der Waals surface area contributed by atoms with E-state index in [1.165, 1.54) is 109 Å². The highest BCUT2D eigenvalue weighted by Gasteiger charge is 2.26. The Labute approximate surface area is 165 Å². The smallest absolute Gasteiger partial charge is 0.0195 e. The first-order valence-corrected chi connectivity index (χ1v) is 12.2. The van der Waals surface area contributed by atoms with Gasteiger partial charge in [0.15, 0.2) is 0 Å². The van der Waals surface area contributed by atoms with Gasteiger partial charge in [0.1, 0.15) is 0 Å². The fraction of sp³-hybridized carbons (Fsp3) is 1.00. The summed E-state index contributed by atoms with van der Waals surface area (Å²) in [5, 5.41) is 3.93. The number of rotatable bonds is 15. The fourth-order valence-electron chi connectivity index (χ4n) is 4.54. The van der Waals surface area contributed by atoms with E-state index in [-0.39, 0.29) is 0 Å². The van der Waals surface area contributed by atoms with Gasteiger partial charge in [-0.05, 0) is 38.6 Å². The van der Waals surface area contributed by atoms with Crippen molar-refractivity contribution in [2.24, 2.45) is 0 Å². The van der Waals surface area contributed by atoms with Crippen molar-refractivity contribution in [2.75, 3.05) is 13.1 Å². The minimum atomic E-state index is 0.699. The van der Waals surface area contributed by atoms with Crippen LogP contribution in [0.3, 0.4) is 0 Å². The maximum atomic E-state index is 3.93. The number of unbranched alkanes of at least 4 members (excludes halogenated alkanes) is 8. The lowest BCUT2D eigenvalue weighted by Crippen LogP contribution is -2.43. The van der Waals surface area contributed by atoms with E-state index in [1.54, 1.807) is 0 Å². The molecule has 1 saturated heterocycles. The Hall–Kier alpha value is -0.0800. The van der Waals surface area contributed by atoms with Crippen molar-refractivity contribution in [1.29, 1.82) is 0 Å². The lowest BCUT2D eigenvalue weighted by atomic mass is 9.98. The van der Waals surface area contributed by atoms with Gasteiger partial charge in [-0.2, -0.15) is 0 Å². The molecular weight excluding hydrogens is 316 g/mol. The molecule has 0 amide bonds. The van der Waals surface area contributed by atoms with Crippen LogP contribution in [-0.4, -0.2) is 36.1 Å². The molecule has 1 aliphatic rings. The van der Waals surface area contributed by atoms with Gasteiger partial charge in [-0.3, -0.25) is 4.90 Å². The summed E-state index contributed by atoms with van der Waals surface area (Å²) in [7, 11) is 0. The zero-order chi connectivity index (χ0) is 19.0. The molecular formula is C24H50N2. The topological polar surface area (TPSA) is 15.3 Å². The lowest BCUT2D eigenvalue weighted by Gasteiger charge is -2.33. The molecule has 1 N–H and O–H groups in total. The van der Waals surface area contributed by atoms with Crippen LogP contribution in [0.2, 0.25) is 0 Å². The molecule has 156 valence electrons. The second-order valence-electron chi connectivity index (χ2n) is 8.72. The van der Waals surface area contributed by atoms with Gasteiger partial charge in [0.05, 0.1) is 0 Å². The second-order valence-corrected chi connectivity index (χ2v) is 8.72. The van der Waals surface area contributed by atoms with Gasteiger partial charge in [-0.15, -0.1) is 0 Å². The van der Waals surface area contributed by atoms with E-state index in [0.29, 0.717) is 6.04 Å². The molecule has 26 heavy (non-hydrogen) atoms. The van der Waals surface area contributed by atoms with E-state index in [0.717, 1.165) is 12.1 Å². The first-order valence-electron chi connectivity index (χ1n) is 12.2. The van der Waals surface area contributed by atoms with Gasteiger partial charge in [0, 0.05) is 24.7 Å². The van der Waals surface area contributed by atoms with Gasteiger partial charge in [-0.25, -0.2) is 0 Å². The van der Waals surface area contributed by atoms with Crippen LogP contribution in [0.25, 0.3) is 0 Å². The van der Waals surface area contributed by atoms with Crippen molar-refractivity contribution in [3.8, 4) is 0 Å². The highest BCUT2D eigenvalue weighted by molar-refractivity contribution is 4.85. The lowest BCUT2D eigenvalue weighted by molar-refractivity contribution is 0.166. The summed E-state index contributed by atoms with van der Waals surface area (Å²) < 4.78 is 0. The summed E-state index contributed by atoms with van der Waals surface area (Å²) in [6.07, 6.45) is 21.0. The average molecular weight is 367 g/mol. The number of hydrogen-bond donors (Lipinski definition) is 1. The zero-order valence-corrected chi connectivity index (χ0v) is 18.7. The molecule has 0 aromatic heterocycles. The van der Waals surface area contributed by atoms with Crippen molar-refractivity contribution >= 4 is 0 Å². The number of hydrogen-bond acceptors (Lipinski definition) is 2. The molecule has 0 aliphatic carbocycles. The Balaban J connectivity index is 2.52. The predicted molar refractivity (Wildman–Crippen MR) is 118 cm³/mol. The normalized spacial score (nSPS) is 22.0. The zero-order valence-electron chi connectivity index (χ0n) is 18.7. The minimum absolute atomic E-state index is 0.699. The Morgan fingerprint density at radius 2 is 1.27 bits per heavy atom. The van der Waals surface area contributed by atoms with Crippen molar-refractivity contribution in [2.45, 2.75) is 142 Å². The quantitative estimate of drug-likeness (QED) is 0.316. The van der Waals surface area contributed by atoms with E-state index in [1.807, 2.05) is 0 Å². The van der Waals surface area contributed by atoms with Crippen LogP contribution in [0, 0.1) is 0 Å². The molecule has 1 heterocycles. The molecule has 2 heteroatoms. The number of nitrogens with zero attached hydrogens (tertiary/aromatic N) is 1. The van der Waals surface area contributed by atoms with Crippen molar-refractivity contribution in [3.63, 3.8) is 0 Å². The molecule has 0 bridgehead atoms. The first-order chi connectivity index (χ1) is 12.7. The third kappa shape index (κ3) is 10.3. The predicted octanol–water partition coefficient (Wildman–Crippen LogP) is 6.93. The van der Waals surface area contributed by atoms with Gasteiger partial charge >= 0.3 is 0 Å². The van der Waals surface area contributed by atoms with Crippen molar-refractivity contribution < 1.29 is 0 Å². The highest BCUT2D eigenvalue weighted by Crippen LogP contribution is 2.22. The molecule has 1 fully saturated rings. The summed E-state index contributed by atoms with van der Waals surface area (Å²) in [5.74, 6) is 0. The molecule has 1 rings (SSSR count). The molecule has 1 aliphatic heterocycles. The monoisotopic (exact) mass is 366 g/mol. The summed E-state index contributed by atoms with van der Waals surface area (Å²) in [6.45, 7) is 11.9. The van der Waals surface area contributed by atoms with Crippen LogP contribution >= 0.6 is 0 Å². The Morgan fingerprint density at radius 3 is 1.77 bits per heavy atom. The van der Waals surface area contributed by atoms with Gasteiger partial charge in [-0.1, -0.05) is 91.9 Å². The molecule has 0 radical (unpaired) electrons. The maximum Gasteiger partial charge on any atom is 0.0195 e. The molecule has 0 aromatic rings. The summed E-state index contributed by atoms with van der Waals surface area (Å²) in [6, 6.07) is 2.27. The van der Waals surface area contributed by atoms with Crippen molar-refractivity contribution in [1.82, 2.24) is 10.2 Å². The van der Waals surface area contributed by atoms with Gasteiger partial charge in [0.2, 0.25) is 0 Å². The third-order valence-corrected chi connectivity index (χ3v) is 6.47. The maximum absolute atomic E-state index is 3.93. The molecule has 2 atom stereocenters. The molecule has 0 saturated carbocycles. The van der Waals surface area contributed by atoms with Crippen LogP contribution in [-0.2, 0) is 0 Å². The number of nitrogens with one attached hydrogen (secondary N) is 1. The fourth-order valence-corrected chi connectivity index (χ4v) is 4.54. The Bertz CT molecular complexity index is 291. The standard InChI is InChI=1S/C24H50N2/c1-5-9-11-13-15-17-24(18-16-14-12-10-6-2)26-20-19-22(7-3)25-23(8-4)21-26/h22-25H,5-21H2,1-4H3. The largest absolute Gasteiger partial charge is 0.310 e. The first kappa shape index (κ1) is 24.0. The molecule has 2 nitrogen and oxygen atoms in total. The minimum Gasteiger partial charge on any atom is -0.310 e. The molecule has 0 aromatic carbocycles. The van der Waals surface area contributed by atoms with Crippen LogP contribution in [0.1, 0.15) is 124 Å². The summed E-state index contributed by atoms with van der Waals surface area (Å²) >= 11 is 0. The van der Waals surface area contributed by atoms with Gasteiger partial charge in [0.25, 0.3) is 0 Å². The molecule has 0 spiro atoms.